The van der Waals surface area contributed by atoms with Crippen LogP contribution in [-0.2, 0) is 4.74 Å². The summed E-state index contributed by atoms with van der Waals surface area (Å²) in [4.78, 5) is 30.6. The maximum absolute atomic E-state index is 13.3. The number of nitrogens with zero attached hydrogens (tertiary/aromatic N) is 1. The second kappa shape index (κ2) is 17.3. The van der Waals surface area contributed by atoms with Crippen molar-refractivity contribution in [2.45, 2.75) is 79.4 Å². The van der Waals surface area contributed by atoms with Gasteiger partial charge in [0, 0.05) is 25.3 Å². The molecule has 1 aromatic heterocycles. The van der Waals surface area contributed by atoms with Crippen molar-refractivity contribution in [3.63, 3.8) is 0 Å². The highest BCUT2D eigenvalue weighted by atomic mass is 32.1. The number of aryl methyl sites for hydroxylation is 2. The van der Waals surface area contributed by atoms with Gasteiger partial charge in [0.2, 0.25) is 0 Å². The molecule has 0 bridgehead atoms. The number of halogens is 3. The van der Waals surface area contributed by atoms with E-state index in [2.05, 4.69) is 43.0 Å². The van der Waals surface area contributed by atoms with Crippen LogP contribution < -0.4 is 15.4 Å². The van der Waals surface area contributed by atoms with Crippen LogP contribution in [0, 0.1) is 25.7 Å². The standard InChI is InChI=1S/C24H24F3N3O3S.C10H22O/c1-12-6-7-16(22(31)28-14(3)11-13(2)24(25,26)27)18(10-12)30-23(32)20-19(33-5)9-8-17-21(20)34-15(4)29-17;1-5-6-9(2)7-10(3)8-11-4/h6-10,14H,2,11H2,1,3-5H3,(H,28,31)(H,30,32);9-10H,5-8H2,1-4H3. The lowest BCUT2D eigenvalue weighted by atomic mass is 9.94. The molecular weight excluding hydrogens is 603 g/mol. The number of benzene rings is 2. The number of anilines is 1. The molecule has 3 unspecified atom stereocenters. The number of carbonyl (C=O) groups excluding carboxylic acids is 2. The minimum absolute atomic E-state index is 0.120. The fourth-order valence-electron chi connectivity index (χ4n) is 5.10. The van der Waals surface area contributed by atoms with E-state index in [4.69, 9.17) is 9.47 Å². The third-order valence-corrected chi connectivity index (χ3v) is 8.11. The van der Waals surface area contributed by atoms with Crippen molar-refractivity contribution < 1.29 is 32.2 Å². The summed E-state index contributed by atoms with van der Waals surface area (Å²) in [6.07, 6.45) is -1.01. The molecule has 0 spiro atoms. The number of nitrogens with one attached hydrogen (secondary N) is 2. The summed E-state index contributed by atoms with van der Waals surface area (Å²) in [6.45, 7) is 15.9. The second-order valence-electron chi connectivity index (χ2n) is 11.6. The van der Waals surface area contributed by atoms with E-state index >= 15 is 0 Å². The van der Waals surface area contributed by atoms with Gasteiger partial charge < -0.3 is 20.1 Å². The Balaban J connectivity index is 0.000000547. The number of aromatic nitrogens is 1. The van der Waals surface area contributed by atoms with Gasteiger partial charge in [0.1, 0.15) is 11.3 Å². The van der Waals surface area contributed by atoms with Crippen LogP contribution in [0.25, 0.3) is 10.2 Å². The Morgan fingerprint density at radius 3 is 2.33 bits per heavy atom. The van der Waals surface area contributed by atoms with Crippen molar-refractivity contribution >= 4 is 39.1 Å². The number of amides is 2. The van der Waals surface area contributed by atoms with Crippen molar-refractivity contribution in [2.24, 2.45) is 11.8 Å². The summed E-state index contributed by atoms with van der Waals surface area (Å²) in [5.74, 6) is 0.833. The summed E-state index contributed by atoms with van der Waals surface area (Å²) in [7, 11) is 3.23. The van der Waals surface area contributed by atoms with Gasteiger partial charge in [0.25, 0.3) is 11.8 Å². The number of carbonyl (C=O) groups is 2. The second-order valence-corrected chi connectivity index (χ2v) is 12.8. The maximum atomic E-state index is 13.3. The lowest BCUT2D eigenvalue weighted by Gasteiger charge is -2.19. The Kier molecular flexibility index (Phi) is 14.5. The molecule has 248 valence electrons. The Morgan fingerprint density at radius 2 is 1.73 bits per heavy atom. The van der Waals surface area contributed by atoms with Crippen LogP contribution in [0.2, 0.25) is 0 Å². The molecule has 0 saturated heterocycles. The molecule has 0 fully saturated rings. The quantitative estimate of drug-likeness (QED) is 0.181. The zero-order valence-electron chi connectivity index (χ0n) is 27.5. The van der Waals surface area contributed by atoms with E-state index in [1.165, 1.54) is 50.7 Å². The van der Waals surface area contributed by atoms with Crippen molar-refractivity contribution in [1.29, 1.82) is 0 Å². The van der Waals surface area contributed by atoms with Crippen molar-refractivity contribution in [3.05, 3.63) is 64.2 Å². The summed E-state index contributed by atoms with van der Waals surface area (Å²) in [5, 5.41) is 6.09. The van der Waals surface area contributed by atoms with Crippen LogP contribution >= 0.6 is 11.3 Å². The Hall–Kier alpha value is -3.44. The first-order chi connectivity index (χ1) is 21.1. The maximum Gasteiger partial charge on any atom is 0.412 e. The van der Waals surface area contributed by atoms with Crippen LogP contribution in [0.1, 0.15) is 84.7 Å². The molecule has 2 aromatic carbocycles. The van der Waals surface area contributed by atoms with Gasteiger partial charge in [-0.1, -0.05) is 46.3 Å². The normalized spacial score (nSPS) is 13.3. The molecule has 11 heteroatoms. The van der Waals surface area contributed by atoms with E-state index in [0.29, 0.717) is 16.0 Å². The number of rotatable bonds is 13. The van der Waals surface area contributed by atoms with Gasteiger partial charge in [-0.05, 0) is 75.3 Å². The van der Waals surface area contributed by atoms with Crippen LogP contribution in [0.15, 0.2) is 42.5 Å². The average molecular weight is 650 g/mol. The summed E-state index contributed by atoms with van der Waals surface area (Å²) >= 11 is 1.35. The zero-order chi connectivity index (χ0) is 33.9. The molecule has 0 radical (unpaired) electrons. The number of fused-ring (bicyclic) bond motifs is 1. The predicted molar refractivity (Wildman–Crippen MR) is 177 cm³/mol. The minimum atomic E-state index is -4.53. The molecule has 0 aliphatic heterocycles. The van der Waals surface area contributed by atoms with Gasteiger partial charge in [0.15, 0.2) is 0 Å². The zero-order valence-corrected chi connectivity index (χ0v) is 28.3. The molecule has 2 amide bonds. The van der Waals surface area contributed by atoms with E-state index < -0.39 is 36.0 Å². The first-order valence-electron chi connectivity index (χ1n) is 15.0. The number of methoxy groups -OCH3 is 2. The fourth-order valence-corrected chi connectivity index (χ4v) is 6.06. The van der Waals surface area contributed by atoms with Gasteiger partial charge in [-0.15, -0.1) is 11.3 Å². The number of thiazole rings is 1. The van der Waals surface area contributed by atoms with Crippen molar-refractivity contribution in [1.82, 2.24) is 10.3 Å². The van der Waals surface area contributed by atoms with Crippen LogP contribution in [-0.4, -0.2) is 49.8 Å². The van der Waals surface area contributed by atoms with Gasteiger partial charge >= 0.3 is 6.18 Å². The Morgan fingerprint density at radius 1 is 1.04 bits per heavy atom. The third kappa shape index (κ3) is 11.5. The Bertz CT molecular complexity index is 1440. The van der Waals surface area contributed by atoms with E-state index in [9.17, 15) is 22.8 Å². The molecule has 3 rings (SSSR count). The molecule has 0 aliphatic rings. The lowest BCUT2D eigenvalue weighted by Crippen LogP contribution is -2.34. The fraction of sp³-hybridized carbons (Fsp3) is 0.500. The van der Waals surface area contributed by atoms with Gasteiger partial charge in [-0.3, -0.25) is 9.59 Å². The monoisotopic (exact) mass is 649 g/mol. The highest BCUT2D eigenvalue weighted by Gasteiger charge is 2.33. The van der Waals surface area contributed by atoms with E-state index in [1.54, 1.807) is 38.3 Å². The smallest absolute Gasteiger partial charge is 0.412 e. The lowest BCUT2D eigenvalue weighted by molar-refractivity contribution is -0.0942. The van der Waals surface area contributed by atoms with Crippen molar-refractivity contribution in [3.8, 4) is 5.75 Å². The molecule has 1 heterocycles. The summed E-state index contributed by atoms with van der Waals surface area (Å²) in [6, 6.07) is 7.40. The molecule has 0 saturated carbocycles. The number of hydrogen-bond donors (Lipinski definition) is 2. The van der Waals surface area contributed by atoms with Gasteiger partial charge in [0.05, 0.1) is 33.6 Å². The van der Waals surface area contributed by atoms with E-state index in [-0.39, 0.29) is 16.8 Å². The molecule has 0 aliphatic carbocycles. The van der Waals surface area contributed by atoms with Crippen LogP contribution in [0.3, 0.4) is 0 Å². The highest BCUT2D eigenvalue weighted by Crippen LogP contribution is 2.33. The number of alkyl halides is 3. The van der Waals surface area contributed by atoms with Gasteiger partial charge in [-0.2, -0.15) is 13.2 Å². The number of hydrogen-bond acceptors (Lipinski definition) is 6. The highest BCUT2D eigenvalue weighted by molar-refractivity contribution is 7.19. The minimum Gasteiger partial charge on any atom is -0.496 e. The van der Waals surface area contributed by atoms with Gasteiger partial charge in [-0.25, -0.2) is 4.98 Å². The molecule has 3 atom stereocenters. The predicted octanol–water partition coefficient (Wildman–Crippen LogP) is 8.90. The first-order valence-corrected chi connectivity index (χ1v) is 15.8. The van der Waals surface area contributed by atoms with Crippen LogP contribution in [0.4, 0.5) is 18.9 Å². The largest absolute Gasteiger partial charge is 0.496 e. The average Bonchev–Trinajstić information content (AvgIpc) is 3.32. The number of ether oxygens (including phenoxy) is 2. The van der Waals surface area contributed by atoms with E-state index in [1.807, 2.05) is 6.92 Å². The molecule has 7 nitrogen and oxygen atoms in total. The summed E-state index contributed by atoms with van der Waals surface area (Å²) < 4.78 is 49.5. The molecule has 2 N–H and O–H groups in total. The molecule has 3 aromatic rings. The third-order valence-electron chi connectivity index (χ3n) is 7.11. The molecular formula is C34H46F3N3O4S. The first kappa shape index (κ1) is 37.7. The van der Waals surface area contributed by atoms with E-state index in [0.717, 1.165) is 29.0 Å². The van der Waals surface area contributed by atoms with Crippen LogP contribution in [0.5, 0.6) is 5.75 Å². The Labute approximate surface area is 268 Å². The SMILES string of the molecule is C=C(CC(C)NC(=O)c1ccc(C)cc1NC(=O)c1c(OC)ccc2nc(C)sc12)C(F)(F)F.CCCC(C)CC(C)COC. The van der Waals surface area contributed by atoms with Crippen molar-refractivity contribution in [2.75, 3.05) is 26.1 Å². The molecule has 45 heavy (non-hydrogen) atoms. The topological polar surface area (TPSA) is 89.6 Å². The summed E-state index contributed by atoms with van der Waals surface area (Å²) in [5.41, 5.74) is 1.13.